The van der Waals surface area contributed by atoms with Crippen LogP contribution in [0, 0.1) is 0 Å². The average Bonchev–Trinajstić information content (AvgIpc) is 2.53. The van der Waals surface area contributed by atoms with Crippen molar-refractivity contribution in [3.8, 4) is 0 Å². The van der Waals surface area contributed by atoms with E-state index in [4.69, 9.17) is 0 Å². The van der Waals surface area contributed by atoms with E-state index in [2.05, 4.69) is 34.7 Å². The summed E-state index contributed by atoms with van der Waals surface area (Å²) < 4.78 is 0. The van der Waals surface area contributed by atoms with Crippen molar-refractivity contribution in [2.24, 2.45) is 0 Å². The Morgan fingerprint density at radius 1 is 1.45 bits per heavy atom. The fourth-order valence-electron chi connectivity index (χ4n) is 2.20. The molecule has 0 saturated carbocycles. The lowest BCUT2D eigenvalue weighted by atomic mass is 10.2. The summed E-state index contributed by atoms with van der Waals surface area (Å²) in [7, 11) is 2.08. The van der Waals surface area contributed by atoms with Gasteiger partial charge in [0.15, 0.2) is 0 Å². The predicted octanol–water partition coefficient (Wildman–Crippen LogP) is 1.33. The normalized spacial score (nSPS) is 18.6. The van der Waals surface area contributed by atoms with Crippen molar-refractivity contribution >= 4 is 23.4 Å². The minimum Gasteiger partial charge on any atom is -0.375 e. The largest absolute Gasteiger partial charge is 0.375 e. The van der Waals surface area contributed by atoms with E-state index in [1.807, 2.05) is 30.0 Å². The Balaban J connectivity index is 1.62. The highest BCUT2D eigenvalue weighted by atomic mass is 32.2. The molecule has 1 aromatic rings. The second-order valence-corrected chi connectivity index (χ2v) is 6.13. The molecule has 0 spiro atoms. The van der Waals surface area contributed by atoms with Crippen LogP contribution in [0.1, 0.15) is 6.42 Å². The molecule has 1 saturated heterocycles. The van der Waals surface area contributed by atoms with E-state index in [1.165, 1.54) is 5.69 Å². The third-order valence-electron chi connectivity index (χ3n) is 3.40. The smallest absolute Gasteiger partial charge is 0.237 e. The number of benzene rings is 1. The van der Waals surface area contributed by atoms with Crippen molar-refractivity contribution < 1.29 is 4.79 Å². The van der Waals surface area contributed by atoms with Crippen LogP contribution in [0.5, 0.6) is 0 Å². The van der Waals surface area contributed by atoms with Crippen LogP contribution in [0.4, 0.5) is 5.69 Å². The molecule has 0 radical (unpaired) electrons. The Morgan fingerprint density at radius 2 is 2.25 bits per heavy atom. The third kappa shape index (κ3) is 4.72. The average molecular weight is 293 g/mol. The fourth-order valence-corrected chi connectivity index (χ4v) is 3.13. The number of para-hydroxylation sites is 1. The maximum atomic E-state index is 11.9. The van der Waals surface area contributed by atoms with Gasteiger partial charge in [-0.3, -0.25) is 4.79 Å². The third-order valence-corrected chi connectivity index (χ3v) is 4.47. The number of anilines is 1. The van der Waals surface area contributed by atoms with Gasteiger partial charge in [-0.05, 0) is 18.6 Å². The molecule has 2 rings (SSSR count). The van der Waals surface area contributed by atoms with Crippen molar-refractivity contribution in [1.29, 1.82) is 0 Å². The first-order valence-corrected chi connectivity index (χ1v) is 8.28. The monoisotopic (exact) mass is 293 g/mol. The predicted molar refractivity (Wildman–Crippen MR) is 86.5 cm³/mol. The van der Waals surface area contributed by atoms with Crippen LogP contribution in [-0.4, -0.2) is 50.1 Å². The van der Waals surface area contributed by atoms with Crippen LogP contribution in [0.2, 0.25) is 0 Å². The molecule has 20 heavy (non-hydrogen) atoms. The molecule has 1 aromatic carbocycles. The van der Waals surface area contributed by atoms with Gasteiger partial charge in [0.25, 0.3) is 0 Å². The molecular formula is C15H23N3OS. The van der Waals surface area contributed by atoms with Crippen molar-refractivity contribution in [2.45, 2.75) is 12.5 Å². The molecule has 2 N–H and O–H groups in total. The number of carbonyl (C=O) groups excluding carboxylic acids is 1. The Kier molecular flexibility index (Phi) is 6.21. The molecular weight excluding hydrogens is 270 g/mol. The molecule has 1 aliphatic rings. The lowest BCUT2D eigenvalue weighted by molar-refractivity contribution is -0.122. The van der Waals surface area contributed by atoms with Crippen molar-refractivity contribution in [1.82, 2.24) is 10.6 Å². The Bertz CT molecular complexity index is 407. The summed E-state index contributed by atoms with van der Waals surface area (Å²) in [5.74, 6) is 2.13. The maximum Gasteiger partial charge on any atom is 0.237 e. The van der Waals surface area contributed by atoms with Gasteiger partial charge in [-0.2, -0.15) is 11.8 Å². The van der Waals surface area contributed by atoms with E-state index >= 15 is 0 Å². The highest BCUT2D eigenvalue weighted by Gasteiger charge is 2.19. The zero-order chi connectivity index (χ0) is 14.2. The van der Waals surface area contributed by atoms with Gasteiger partial charge in [0.1, 0.15) is 0 Å². The lowest BCUT2D eigenvalue weighted by Crippen LogP contribution is -2.49. The first-order chi connectivity index (χ1) is 9.77. The summed E-state index contributed by atoms with van der Waals surface area (Å²) in [5.41, 5.74) is 1.21. The van der Waals surface area contributed by atoms with E-state index in [0.717, 1.165) is 37.6 Å². The molecule has 4 nitrogen and oxygen atoms in total. The quantitative estimate of drug-likeness (QED) is 0.777. The zero-order valence-electron chi connectivity index (χ0n) is 12.0. The summed E-state index contributed by atoms with van der Waals surface area (Å²) in [5, 5.41) is 6.27. The van der Waals surface area contributed by atoms with Gasteiger partial charge in [-0.15, -0.1) is 0 Å². The zero-order valence-corrected chi connectivity index (χ0v) is 12.8. The Morgan fingerprint density at radius 3 is 2.95 bits per heavy atom. The molecule has 0 aliphatic carbocycles. The van der Waals surface area contributed by atoms with Gasteiger partial charge in [0, 0.05) is 43.9 Å². The second kappa shape index (κ2) is 8.17. The first-order valence-electron chi connectivity index (χ1n) is 7.12. The fraction of sp³-hybridized carbons (Fsp3) is 0.533. The highest BCUT2D eigenvalue weighted by Crippen LogP contribution is 2.11. The standard InChI is InChI=1S/C15H23N3OS/c1-18(13-6-3-2-4-7-13)10-5-8-17-15(19)14-12-20-11-9-16-14/h2-4,6-7,14,16H,5,8-12H2,1H3,(H,17,19). The Labute approximate surface area is 125 Å². The number of thioether (sulfide) groups is 1. The van der Waals surface area contributed by atoms with Gasteiger partial charge in [0.05, 0.1) is 6.04 Å². The van der Waals surface area contributed by atoms with E-state index in [-0.39, 0.29) is 11.9 Å². The van der Waals surface area contributed by atoms with E-state index in [9.17, 15) is 4.79 Å². The topological polar surface area (TPSA) is 44.4 Å². The minimum absolute atomic E-state index is 0.0133. The van der Waals surface area contributed by atoms with Crippen LogP contribution in [0.15, 0.2) is 30.3 Å². The van der Waals surface area contributed by atoms with Crippen molar-refractivity contribution in [3.05, 3.63) is 30.3 Å². The molecule has 110 valence electrons. The van der Waals surface area contributed by atoms with Crippen molar-refractivity contribution in [3.63, 3.8) is 0 Å². The summed E-state index contributed by atoms with van der Waals surface area (Å²) in [6, 6.07) is 10.3. The molecule has 1 unspecified atom stereocenters. The number of hydrogen-bond donors (Lipinski definition) is 2. The van der Waals surface area contributed by atoms with E-state index in [1.54, 1.807) is 0 Å². The Hall–Kier alpha value is -1.20. The molecule has 5 heteroatoms. The van der Waals surface area contributed by atoms with Crippen molar-refractivity contribution in [2.75, 3.05) is 43.1 Å². The van der Waals surface area contributed by atoms with E-state index in [0.29, 0.717) is 0 Å². The van der Waals surface area contributed by atoms with Crippen LogP contribution in [0.3, 0.4) is 0 Å². The highest BCUT2D eigenvalue weighted by molar-refractivity contribution is 7.99. The van der Waals surface area contributed by atoms with Crippen LogP contribution >= 0.6 is 11.8 Å². The van der Waals surface area contributed by atoms with Crippen LogP contribution < -0.4 is 15.5 Å². The summed E-state index contributed by atoms with van der Waals surface area (Å²) >= 11 is 1.84. The lowest BCUT2D eigenvalue weighted by Gasteiger charge is -2.23. The summed E-state index contributed by atoms with van der Waals surface area (Å²) in [6.45, 7) is 2.61. The first kappa shape index (κ1) is 15.2. The minimum atomic E-state index is -0.0133. The van der Waals surface area contributed by atoms with Gasteiger partial charge >= 0.3 is 0 Å². The second-order valence-electron chi connectivity index (χ2n) is 4.98. The molecule has 1 fully saturated rings. The number of nitrogens with zero attached hydrogens (tertiary/aromatic N) is 1. The van der Waals surface area contributed by atoms with E-state index < -0.39 is 0 Å². The molecule has 0 aromatic heterocycles. The number of hydrogen-bond acceptors (Lipinski definition) is 4. The number of carbonyl (C=O) groups is 1. The van der Waals surface area contributed by atoms with Gasteiger partial charge < -0.3 is 15.5 Å². The molecule has 1 aliphatic heterocycles. The molecule has 1 atom stereocenters. The SMILES string of the molecule is CN(CCCNC(=O)C1CSCCN1)c1ccccc1. The molecule has 1 amide bonds. The number of rotatable bonds is 6. The number of amides is 1. The van der Waals surface area contributed by atoms with Crippen LogP contribution in [0.25, 0.3) is 0 Å². The van der Waals surface area contributed by atoms with Gasteiger partial charge in [-0.1, -0.05) is 18.2 Å². The molecule has 0 bridgehead atoms. The van der Waals surface area contributed by atoms with Gasteiger partial charge in [0.2, 0.25) is 5.91 Å². The maximum absolute atomic E-state index is 11.9. The molecule has 1 heterocycles. The summed E-state index contributed by atoms with van der Waals surface area (Å²) in [4.78, 5) is 14.1. The summed E-state index contributed by atoms with van der Waals surface area (Å²) in [6.07, 6.45) is 0.955. The van der Waals surface area contributed by atoms with Gasteiger partial charge in [-0.25, -0.2) is 0 Å². The number of nitrogens with one attached hydrogen (secondary N) is 2. The van der Waals surface area contributed by atoms with Crippen LogP contribution in [-0.2, 0) is 4.79 Å².